The van der Waals surface area contributed by atoms with E-state index in [-0.39, 0.29) is 5.97 Å². The lowest BCUT2D eigenvalue weighted by molar-refractivity contribution is -0.151. The van der Waals surface area contributed by atoms with Crippen molar-refractivity contribution in [2.45, 2.75) is 53.1 Å². The number of esters is 1. The summed E-state index contributed by atoms with van der Waals surface area (Å²) in [6.07, 6.45) is 0.0730. The largest absolute Gasteiger partial charge is 0.478 e. The van der Waals surface area contributed by atoms with E-state index in [1.54, 1.807) is 6.92 Å². The molecule has 0 radical (unpaired) electrons. The fourth-order valence-corrected chi connectivity index (χ4v) is 1.91. The summed E-state index contributed by atoms with van der Waals surface area (Å²) >= 11 is 0. The number of aryl methyl sites for hydroxylation is 1. The van der Waals surface area contributed by atoms with Crippen molar-refractivity contribution in [1.29, 1.82) is 0 Å². The molecule has 0 spiro atoms. The molecule has 1 atom stereocenters. The summed E-state index contributed by atoms with van der Waals surface area (Å²) in [4.78, 5) is 11.8. The van der Waals surface area contributed by atoms with Gasteiger partial charge in [-0.2, -0.15) is 0 Å². The highest BCUT2D eigenvalue weighted by atomic mass is 16.6. The molecule has 0 unspecified atom stereocenters. The first-order chi connectivity index (χ1) is 8.99. The highest BCUT2D eigenvalue weighted by molar-refractivity contribution is 5.75. The van der Waals surface area contributed by atoms with Crippen LogP contribution >= 0.6 is 0 Å². The molecule has 19 heavy (non-hydrogen) atoms. The fourth-order valence-electron chi connectivity index (χ4n) is 1.91. The summed E-state index contributed by atoms with van der Waals surface area (Å²) in [6, 6.07) is 6.11. The van der Waals surface area contributed by atoms with Crippen molar-refractivity contribution < 1.29 is 14.3 Å². The molecule has 0 N–H and O–H groups in total. The maximum atomic E-state index is 11.8. The van der Waals surface area contributed by atoms with Crippen LogP contribution in [0, 0.1) is 6.92 Å². The Kier molecular flexibility index (Phi) is 5.87. The molecule has 106 valence electrons. The molecule has 1 rings (SSSR count). The van der Waals surface area contributed by atoms with Crippen LogP contribution < -0.4 is 4.74 Å². The lowest BCUT2D eigenvalue weighted by atomic mass is 10.0. The highest BCUT2D eigenvalue weighted by Gasteiger charge is 2.21. The SMILES string of the molecule is CCOC(=O)[C@@H](CC)Oc1cc(C)ccc1C(C)C. The molecule has 1 aromatic rings. The second kappa shape index (κ2) is 7.17. The number of ether oxygens (including phenoxy) is 2. The Labute approximate surface area is 115 Å². The standard InChI is InChI=1S/C16H24O3/c1-6-14(16(17)18-7-2)19-15-10-12(5)8-9-13(15)11(3)4/h8-11,14H,6-7H2,1-5H3/t14-/m1/s1. The van der Waals surface area contributed by atoms with E-state index >= 15 is 0 Å². The van der Waals surface area contributed by atoms with Gasteiger partial charge in [-0.15, -0.1) is 0 Å². The number of hydrogen-bond acceptors (Lipinski definition) is 3. The van der Waals surface area contributed by atoms with Crippen molar-refractivity contribution >= 4 is 5.97 Å². The van der Waals surface area contributed by atoms with Crippen LogP contribution in [0.5, 0.6) is 5.75 Å². The predicted molar refractivity (Wildman–Crippen MR) is 76.6 cm³/mol. The molecule has 0 saturated carbocycles. The van der Waals surface area contributed by atoms with Crippen LogP contribution in [0.4, 0.5) is 0 Å². The normalized spacial score (nSPS) is 12.3. The Hall–Kier alpha value is -1.51. The molecule has 0 aliphatic heterocycles. The fraction of sp³-hybridized carbons (Fsp3) is 0.562. The van der Waals surface area contributed by atoms with Gasteiger partial charge in [-0.1, -0.05) is 32.9 Å². The molecule has 1 aromatic carbocycles. The Morgan fingerprint density at radius 1 is 1.26 bits per heavy atom. The molecule has 0 aliphatic rings. The van der Waals surface area contributed by atoms with Crippen LogP contribution in [-0.2, 0) is 9.53 Å². The zero-order valence-electron chi connectivity index (χ0n) is 12.5. The number of rotatable bonds is 6. The van der Waals surface area contributed by atoms with Crippen molar-refractivity contribution in [3.8, 4) is 5.75 Å². The highest BCUT2D eigenvalue weighted by Crippen LogP contribution is 2.28. The van der Waals surface area contributed by atoms with E-state index in [2.05, 4.69) is 26.0 Å². The van der Waals surface area contributed by atoms with Gasteiger partial charge in [0, 0.05) is 0 Å². The van der Waals surface area contributed by atoms with Gasteiger partial charge in [-0.05, 0) is 43.4 Å². The predicted octanol–water partition coefficient (Wildman–Crippen LogP) is 3.84. The van der Waals surface area contributed by atoms with Crippen LogP contribution in [0.1, 0.15) is 51.2 Å². The van der Waals surface area contributed by atoms with Gasteiger partial charge in [0.25, 0.3) is 0 Å². The van der Waals surface area contributed by atoms with Gasteiger partial charge in [0.05, 0.1) is 6.61 Å². The second-order valence-electron chi connectivity index (χ2n) is 4.96. The van der Waals surface area contributed by atoms with E-state index in [9.17, 15) is 4.79 Å². The molecule has 0 amide bonds. The third-order valence-electron chi connectivity index (χ3n) is 2.98. The number of carbonyl (C=O) groups excluding carboxylic acids is 1. The molecular weight excluding hydrogens is 240 g/mol. The van der Waals surface area contributed by atoms with Crippen LogP contribution in [0.15, 0.2) is 18.2 Å². The molecular formula is C16H24O3. The maximum Gasteiger partial charge on any atom is 0.347 e. The van der Waals surface area contributed by atoms with Crippen molar-refractivity contribution in [3.63, 3.8) is 0 Å². The van der Waals surface area contributed by atoms with Crippen molar-refractivity contribution in [2.24, 2.45) is 0 Å². The molecule has 0 fully saturated rings. The average molecular weight is 264 g/mol. The summed E-state index contributed by atoms with van der Waals surface area (Å²) < 4.78 is 10.9. The molecule has 0 heterocycles. The topological polar surface area (TPSA) is 35.5 Å². The minimum absolute atomic E-state index is 0.291. The van der Waals surface area contributed by atoms with Crippen LogP contribution in [-0.4, -0.2) is 18.7 Å². The van der Waals surface area contributed by atoms with E-state index in [1.807, 2.05) is 19.9 Å². The van der Waals surface area contributed by atoms with Gasteiger partial charge >= 0.3 is 5.97 Å². The monoisotopic (exact) mass is 264 g/mol. The van der Waals surface area contributed by atoms with Gasteiger partial charge in [0.2, 0.25) is 0 Å². The number of carbonyl (C=O) groups is 1. The number of hydrogen-bond donors (Lipinski definition) is 0. The average Bonchev–Trinajstić information content (AvgIpc) is 2.35. The quantitative estimate of drug-likeness (QED) is 0.732. The van der Waals surface area contributed by atoms with E-state index in [0.29, 0.717) is 18.9 Å². The molecule has 3 heteroatoms. The molecule has 0 saturated heterocycles. The zero-order valence-corrected chi connectivity index (χ0v) is 12.5. The maximum absolute atomic E-state index is 11.8. The summed E-state index contributed by atoms with van der Waals surface area (Å²) in [5.41, 5.74) is 2.24. The Morgan fingerprint density at radius 2 is 1.95 bits per heavy atom. The lowest BCUT2D eigenvalue weighted by Gasteiger charge is -2.20. The van der Waals surface area contributed by atoms with Crippen LogP contribution in [0.25, 0.3) is 0 Å². The Morgan fingerprint density at radius 3 is 2.47 bits per heavy atom. The first kappa shape index (κ1) is 15.5. The van der Waals surface area contributed by atoms with Crippen LogP contribution in [0.3, 0.4) is 0 Å². The smallest absolute Gasteiger partial charge is 0.347 e. The van der Waals surface area contributed by atoms with E-state index in [4.69, 9.17) is 9.47 Å². The third-order valence-corrected chi connectivity index (χ3v) is 2.98. The van der Waals surface area contributed by atoms with Gasteiger partial charge in [0.1, 0.15) is 5.75 Å². The second-order valence-corrected chi connectivity index (χ2v) is 4.96. The summed E-state index contributed by atoms with van der Waals surface area (Å²) in [6.45, 7) is 10.3. The molecule has 0 aromatic heterocycles. The van der Waals surface area contributed by atoms with E-state index < -0.39 is 6.10 Å². The van der Waals surface area contributed by atoms with Crippen molar-refractivity contribution in [1.82, 2.24) is 0 Å². The van der Waals surface area contributed by atoms with Gasteiger partial charge < -0.3 is 9.47 Å². The minimum Gasteiger partial charge on any atom is -0.478 e. The minimum atomic E-state index is -0.528. The van der Waals surface area contributed by atoms with Crippen LogP contribution in [0.2, 0.25) is 0 Å². The Bertz CT molecular complexity index is 424. The van der Waals surface area contributed by atoms with Gasteiger partial charge in [0.15, 0.2) is 6.10 Å². The van der Waals surface area contributed by atoms with Crippen molar-refractivity contribution in [3.05, 3.63) is 29.3 Å². The Balaban J connectivity index is 2.95. The molecule has 0 aliphatic carbocycles. The summed E-state index contributed by atoms with van der Waals surface area (Å²) in [7, 11) is 0. The molecule has 0 bridgehead atoms. The first-order valence-corrected chi connectivity index (χ1v) is 6.93. The zero-order chi connectivity index (χ0) is 14.4. The van der Waals surface area contributed by atoms with Gasteiger partial charge in [-0.3, -0.25) is 0 Å². The lowest BCUT2D eigenvalue weighted by Crippen LogP contribution is -2.29. The van der Waals surface area contributed by atoms with Crippen molar-refractivity contribution in [2.75, 3.05) is 6.61 Å². The first-order valence-electron chi connectivity index (χ1n) is 6.93. The van der Waals surface area contributed by atoms with Gasteiger partial charge in [-0.25, -0.2) is 4.79 Å². The number of benzene rings is 1. The van der Waals surface area contributed by atoms with E-state index in [0.717, 1.165) is 16.9 Å². The third kappa shape index (κ3) is 4.27. The summed E-state index contributed by atoms with van der Waals surface area (Å²) in [5, 5.41) is 0. The summed E-state index contributed by atoms with van der Waals surface area (Å²) in [5.74, 6) is 0.853. The molecule has 3 nitrogen and oxygen atoms in total. The van der Waals surface area contributed by atoms with E-state index in [1.165, 1.54) is 0 Å².